The minimum Gasteiger partial charge on any atom is -0.357 e. The summed E-state index contributed by atoms with van der Waals surface area (Å²) in [5, 5.41) is 0. The first-order valence-electron chi connectivity index (χ1n) is 7.54. The van der Waals surface area contributed by atoms with Gasteiger partial charge in [0.05, 0.1) is 0 Å². The molecule has 0 amide bonds. The molecule has 2 rings (SSSR count). The van der Waals surface area contributed by atoms with Crippen molar-refractivity contribution in [2.24, 2.45) is 17.6 Å². The molecule has 1 aromatic rings. The van der Waals surface area contributed by atoms with Crippen LogP contribution in [0.3, 0.4) is 0 Å². The van der Waals surface area contributed by atoms with Crippen molar-refractivity contribution in [2.75, 3.05) is 18.0 Å². The average molecular weight is 261 g/mol. The van der Waals surface area contributed by atoms with Crippen molar-refractivity contribution in [3.05, 3.63) is 23.9 Å². The SMILES string of the molecule is CC(C)C1CCCN(c2ccc([C@@H](C)N)cn2)CC1. The monoisotopic (exact) mass is 261 g/mol. The fourth-order valence-corrected chi connectivity index (χ4v) is 2.87. The molecule has 3 heteroatoms. The van der Waals surface area contributed by atoms with Gasteiger partial charge in [-0.3, -0.25) is 0 Å². The molecule has 0 aromatic carbocycles. The lowest BCUT2D eigenvalue weighted by Gasteiger charge is -2.22. The summed E-state index contributed by atoms with van der Waals surface area (Å²) in [6.07, 6.45) is 5.84. The van der Waals surface area contributed by atoms with Crippen LogP contribution in [0, 0.1) is 11.8 Å². The van der Waals surface area contributed by atoms with Gasteiger partial charge in [-0.15, -0.1) is 0 Å². The van der Waals surface area contributed by atoms with Crippen LogP contribution in [0.5, 0.6) is 0 Å². The molecule has 0 bridgehead atoms. The van der Waals surface area contributed by atoms with Gasteiger partial charge >= 0.3 is 0 Å². The van der Waals surface area contributed by atoms with E-state index in [0.29, 0.717) is 0 Å². The number of nitrogens with two attached hydrogens (primary N) is 1. The van der Waals surface area contributed by atoms with Gasteiger partial charge in [-0.05, 0) is 49.7 Å². The lowest BCUT2D eigenvalue weighted by atomic mass is 9.89. The molecule has 1 aliphatic heterocycles. The first kappa shape index (κ1) is 14.3. The fourth-order valence-electron chi connectivity index (χ4n) is 2.87. The van der Waals surface area contributed by atoms with Crippen LogP contribution in [0.1, 0.15) is 51.6 Å². The first-order valence-corrected chi connectivity index (χ1v) is 7.54. The fraction of sp³-hybridized carbons (Fsp3) is 0.688. The van der Waals surface area contributed by atoms with Crippen LogP contribution >= 0.6 is 0 Å². The highest BCUT2D eigenvalue weighted by molar-refractivity contribution is 5.39. The Labute approximate surface area is 117 Å². The summed E-state index contributed by atoms with van der Waals surface area (Å²) >= 11 is 0. The standard InChI is InChI=1S/C16H27N3/c1-12(2)14-5-4-9-19(10-8-14)16-7-6-15(11-18-16)13(3)17/h6-7,11-14H,4-5,8-10,17H2,1-3H3/t13-,14?/m1/s1. The predicted octanol–water partition coefficient (Wildman–Crippen LogP) is 3.36. The molecule has 2 heterocycles. The van der Waals surface area contributed by atoms with E-state index in [4.69, 9.17) is 5.73 Å². The summed E-state index contributed by atoms with van der Waals surface area (Å²) in [4.78, 5) is 7.01. The van der Waals surface area contributed by atoms with Crippen LogP contribution in [0.15, 0.2) is 18.3 Å². The Morgan fingerprint density at radius 1 is 1.21 bits per heavy atom. The molecule has 0 radical (unpaired) electrons. The van der Waals surface area contributed by atoms with E-state index in [2.05, 4.69) is 35.9 Å². The molecule has 106 valence electrons. The highest BCUT2D eigenvalue weighted by Crippen LogP contribution is 2.26. The molecule has 0 saturated carbocycles. The normalized spacial score (nSPS) is 22.4. The van der Waals surface area contributed by atoms with Crippen molar-refractivity contribution in [1.29, 1.82) is 0 Å². The summed E-state index contributed by atoms with van der Waals surface area (Å²) in [5.41, 5.74) is 6.97. The highest BCUT2D eigenvalue weighted by atomic mass is 15.2. The lowest BCUT2D eigenvalue weighted by Crippen LogP contribution is -2.25. The smallest absolute Gasteiger partial charge is 0.128 e. The number of rotatable bonds is 3. The zero-order valence-electron chi connectivity index (χ0n) is 12.5. The maximum Gasteiger partial charge on any atom is 0.128 e. The molecule has 1 fully saturated rings. The van der Waals surface area contributed by atoms with E-state index in [9.17, 15) is 0 Å². The minimum absolute atomic E-state index is 0.0657. The van der Waals surface area contributed by atoms with Crippen molar-refractivity contribution in [2.45, 2.75) is 46.1 Å². The van der Waals surface area contributed by atoms with Gasteiger partial charge in [0, 0.05) is 25.3 Å². The summed E-state index contributed by atoms with van der Waals surface area (Å²) in [6, 6.07) is 4.29. The Kier molecular flexibility index (Phi) is 4.81. The molecule has 19 heavy (non-hydrogen) atoms. The van der Waals surface area contributed by atoms with Crippen LogP contribution in [-0.2, 0) is 0 Å². The van der Waals surface area contributed by atoms with Crippen molar-refractivity contribution in [3.8, 4) is 0 Å². The average Bonchev–Trinajstić information content (AvgIpc) is 2.64. The maximum atomic E-state index is 5.87. The molecule has 1 aromatic heterocycles. The molecule has 1 unspecified atom stereocenters. The topological polar surface area (TPSA) is 42.1 Å². The van der Waals surface area contributed by atoms with Crippen LogP contribution in [-0.4, -0.2) is 18.1 Å². The molecule has 2 N–H and O–H groups in total. The first-order chi connectivity index (χ1) is 9.08. The Morgan fingerprint density at radius 2 is 2.00 bits per heavy atom. The molecule has 3 nitrogen and oxygen atoms in total. The molecule has 1 aliphatic rings. The largest absolute Gasteiger partial charge is 0.357 e. The molecule has 1 saturated heterocycles. The van der Waals surface area contributed by atoms with Gasteiger partial charge in [-0.2, -0.15) is 0 Å². The Balaban J connectivity index is 2.01. The zero-order valence-corrected chi connectivity index (χ0v) is 12.5. The Morgan fingerprint density at radius 3 is 2.58 bits per heavy atom. The molecular formula is C16H27N3. The third-order valence-electron chi connectivity index (χ3n) is 4.34. The number of hydrogen-bond acceptors (Lipinski definition) is 3. The zero-order chi connectivity index (χ0) is 13.8. The van der Waals surface area contributed by atoms with E-state index < -0.39 is 0 Å². The number of nitrogens with zero attached hydrogens (tertiary/aromatic N) is 2. The molecule has 2 atom stereocenters. The van der Waals surface area contributed by atoms with Crippen LogP contribution in [0.4, 0.5) is 5.82 Å². The number of hydrogen-bond donors (Lipinski definition) is 1. The lowest BCUT2D eigenvalue weighted by molar-refractivity contribution is 0.351. The Bertz CT molecular complexity index is 383. The van der Waals surface area contributed by atoms with Gasteiger partial charge in [0.2, 0.25) is 0 Å². The van der Waals surface area contributed by atoms with Gasteiger partial charge in [-0.25, -0.2) is 4.98 Å². The van der Waals surface area contributed by atoms with Gasteiger partial charge in [-0.1, -0.05) is 19.9 Å². The van der Waals surface area contributed by atoms with Gasteiger partial charge in [0.25, 0.3) is 0 Å². The Hall–Kier alpha value is -1.09. The van der Waals surface area contributed by atoms with Gasteiger partial charge in [0.15, 0.2) is 0 Å². The van der Waals surface area contributed by atoms with Crippen molar-refractivity contribution >= 4 is 5.82 Å². The third-order valence-corrected chi connectivity index (χ3v) is 4.34. The van der Waals surface area contributed by atoms with Crippen LogP contribution in [0.2, 0.25) is 0 Å². The van der Waals surface area contributed by atoms with Gasteiger partial charge in [0.1, 0.15) is 5.82 Å². The highest BCUT2D eigenvalue weighted by Gasteiger charge is 2.20. The van der Waals surface area contributed by atoms with Crippen molar-refractivity contribution in [1.82, 2.24) is 4.98 Å². The second kappa shape index (κ2) is 6.38. The van der Waals surface area contributed by atoms with Gasteiger partial charge < -0.3 is 10.6 Å². The summed E-state index contributed by atoms with van der Waals surface area (Å²) in [7, 11) is 0. The van der Waals surface area contributed by atoms with E-state index in [0.717, 1.165) is 36.3 Å². The molecule has 0 spiro atoms. The molecular weight excluding hydrogens is 234 g/mol. The van der Waals surface area contributed by atoms with Crippen molar-refractivity contribution < 1.29 is 0 Å². The van der Waals surface area contributed by atoms with Crippen LogP contribution in [0.25, 0.3) is 0 Å². The third kappa shape index (κ3) is 3.69. The minimum atomic E-state index is 0.0657. The molecule has 0 aliphatic carbocycles. The van der Waals surface area contributed by atoms with E-state index in [1.54, 1.807) is 0 Å². The number of pyridine rings is 1. The maximum absolute atomic E-state index is 5.87. The predicted molar refractivity (Wildman–Crippen MR) is 81.2 cm³/mol. The summed E-state index contributed by atoms with van der Waals surface area (Å²) < 4.78 is 0. The second-order valence-corrected chi connectivity index (χ2v) is 6.16. The summed E-state index contributed by atoms with van der Waals surface area (Å²) in [6.45, 7) is 8.95. The quantitative estimate of drug-likeness (QED) is 0.907. The number of aromatic nitrogens is 1. The van der Waals surface area contributed by atoms with E-state index in [1.165, 1.54) is 19.3 Å². The van der Waals surface area contributed by atoms with Crippen LogP contribution < -0.4 is 10.6 Å². The van der Waals surface area contributed by atoms with Crippen molar-refractivity contribution in [3.63, 3.8) is 0 Å². The second-order valence-electron chi connectivity index (χ2n) is 6.16. The van der Waals surface area contributed by atoms with E-state index >= 15 is 0 Å². The van der Waals surface area contributed by atoms with E-state index in [1.807, 2.05) is 13.1 Å². The number of anilines is 1. The summed E-state index contributed by atoms with van der Waals surface area (Å²) in [5.74, 6) is 2.77. The van der Waals surface area contributed by atoms with E-state index in [-0.39, 0.29) is 6.04 Å².